The van der Waals surface area contributed by atoms with Crippen LogP contribution in [0.15, 0.2) is 55.1 Å². The molecule has 0 aromatic carbocycles. The Bertz CT molecular complexity index is 1740. The lowest BCUT2D eigenvalue weighted by atomic mass is 9.80. The second-order valence-corrected chi connectivity index (χ2v) is 12.2. The van der Waals surface area contributed by atoms with E-state index in [0.29, 0.717) is 30.2 Å². The minimum Gasteiger partial charge on any atom is -0.367 e. The summed E-state index contributed by atoms with van der Waals surface area (Å²) in [6.07, 6.45) is 8.70. The highest BCUT2D eigenvalue weighted by Crippen LogP contribution is 2.38. The van der Waals surface area contributed by atoms with Crippen LogP contribution < -0.4 is 15.1 Å². The van der Waals surface area contributed by atoms with Crippen molar-refractivity contribution in [2.45, 2.75) is 26.7 Å². The maximum atomic E-state index is 12.6. The maximum Gasteiger partial charge on any atom is 0.271 e. The summed E-state index contributed by atoms with van der Waals surface area (Å²) >= 11 is 6.13. The third kappa shape index (κ3) is 5.10. The van der Waals surface area contributed by atoms with Crippen molar-refractivity contribution in [2.75, 3.05) is 42.5 Å². The third-order valence-corrected chi connectivity index (χ3v) is 8.74. The highest BCUT2D eigenvalue weighted by Gasteiger charge is 2.39. The molecule has 2 fully saturated rings. The van der Waals surface area contributed by atoms with Gasteiger partial charge in [0.1, 0.15) is 17.6 Å². The topological polar surface area (TPSA) is 126 Å². The standard InChI is InChI=1S/C31H30ClN9O/c1-30(18-37-29(42)27-25(32)4-3-9-35-27)7-10-39(11-8-30)26-6-5-21(14-36-26)24-12-23(40-19-31(2,17-34)20-40)16-41-28(24)22(13-33)15-38-41/h3-6,9,12,14-16H,7-8,10-11,18-20H2,1-2H3,(H,37,42). The Kier molecular flexibility index (Phi) is 6.96. The van der Waals surface area contributed by atoms with Crippen LogP contribution in [0.25, 0.3) is 16.6 Å². The number of hydrogen-bond acceptors (Lipinski definition) is 8. The summed E-state index contributed by atoms with van der Waals surface area (Å²) in [4.78, 5) is 25.9. The van der Waals surface area contributed by atoms with Crippen LogP contribution in [0.3, 0.4) is 0 Å². The summed E-state index contributed by atoms with van der Waals surface area (Å²) < 4.78 is 1.74. The zero-order chi connectivity index (χ0) is 29.5. The molecule has 1 N–H and O–H groups in total. The fourth-order valence-corrected chi connectivity index (χ4v) is 5.95. The van der Waals surface area contributed by atoms with E-state index in [1.807, 2.05) is 31.5 Å². The first-order chi connectivity index (χ1) is 20.2. The van der Waals surface area contributed by atoms with E-state index in [-0.39, 0.29) is 22.4 Å². The molecule has 42 heavy (non-hydrogen) atoms. The lowest BCUT2D eigenvalue weighted by Gasteiger charge is -2.45. The van der Waals surface area contributed by atoms with Crippen molar-refractivity contribution < 1.29 is 4.79 Å². The minimum atomic E-state index is -0.358. The van der Waals surface area contributed by atoms with E-state index < -0.39 is 0 Å². The largest absolute Gasteiger partial charge is 0.367 e. The summed E-state index contributed by atoms with van der Waals surface area (Å²) in [5.41, 5.74) is 3.80. The van der Waals surface area contributed by atoms with Gasteiger partial charge in [0.2, 0.25) is 0 Å². The molecule has 0 bridgehead atoms. The van der Waals surface area contributed by atoms with Gasteiger partial charge in [-0.1, -0.05) is 18.5 Å². The molecule has 212 valence electrons. The number of rotatable bonds is 6. The van der Waals surface area contributed by atoms with Gasteiger partial charge in [-0.2, -0.15) is 15.6 Å². The number of halogens is 1. The summed E-state index contributed by atoms with van der Waals surface area (Å²) in [6, 6.07) is 14.1. The average molecular weight is 580 g/mol. The molecule has 1 amide bonds. The smallest absolute Gasteiger partial charge is 0.271 e. The van der Waals surface area contributed by atoms with Crippen molar-refractivity contribution in [1.29, 1.82) is 10.5 Å². The molecule has 0 aliphatic carbocycles. The van der Waals surface area contributed by atoms with Crippen LogP contribution >= 0.6 is 11.6 Å². The van der Waals surface area contributed by atoms with Crippen molar-refractivity contribution in [1.82, 2.24) is 24.9 Å². The number of pyridine rings is 3. The molecule has 2 saturated heterocycles. The van der Waals surface area contributed by atoms with Crippen molar-refractivity contribution in [3.8, 4) is 23.3 Å². The molecule has 6 rings (SSSR count). The van der Waals surface area contributed by atoms with Crippen molar-refractivity contribution in [2.24, 2.45) is 10.8 Å². The van der Waals surface area contributed by atoms with Crippen LogP contribution in [0, 0.1) is 33.5 Å². The molecule has 10 nitrogen and oxygen atoms in total. The SMILES string of the molecule is CC1(C#N)CN(c2cc(-c3ccc(N4CCC(C)(CNC(=O)c5ncccc5Cl)CC4)nc3)c3c(C#N)cnn3c2)C1. The Morgan fingerprint density at radius 2 is 1.88 bits per heavy atom. The molecule has 0 radical (unpaired) electrons. The quantitative estimate of drug-likeness (QED) is 0.348. The number of aromatic nitrogens is 4. The predicted molar refractivity (Wildman–Crippen MR) is 160 cm³/mol. The number of nitriles is 2. The Morgan fingerprint density at radius 3 is 2.55 bits per heavy atom. The van der Waals surface area contributed by atoms with E-state index in [0.717, 1.165) is 54.1 Å². The van der Waals surface area contributed by atoms with Crippen molar-refractivity contribution in [3.63, 3.8) is 0 Å². The van der Waals surface area contributed by atoms with Gasteiger partial charge in [0.25, 0.3) is 5.91 Å². The van der Waals surface area contributed by atoms with Gasteiger partial charge in [0.15, 0.2) is 0 Å². The summed E-state index contributed by atoms with van der Waals surface area (Å²) in [7, 11) is 0. The molecule has 0 saturated carbocycles. The van der Waals surface area contributed by atoms with E-state index >= 15 is 0 Å². The fraction of sp³-hybridized carbons (Fsp3) is 0.355. The van der Waals surface area contributed by atoms with Crippen LogP contribution in [0.2, 0.25) is 5.02 Å². The third-order valence-electron chi connectivity index (χ3n) is 8.44. The van der Waals surface area contributed by atoms with Crippen LogP contribution in [-0.4, -0.2) is 58.2 Å². The molecular weight excluding hydrogens is 550 g/mol. The molecular formula is C31H30ClN9O. The number of anilines is 2. The van der Waals surface area contributed by atoms with Gasteiger partial charge in [-0.15, -0.1) is 0 Å². The molecule has 2 aliphatic rings. The first kappa shape index (κ1) is 27.5. The molecule has 11 heteroatoms. The van der Waals surface area contributed by atoms with Gasteiger partial charge in [-0.05, 0) is 55.5 Å². The van der Waals surface area contributed by atoms with Gasteiger partial charge < -0.3 is 15.1 Å². The Morgan fingerprint density at radius 1 is 1.10 bits per heavy atom. The van der Waals surface area contributed by atoms with E-state index in [9.17, 15) is 15.3 Å². The van der Waals surface area contributed by atoms with Gasteiger partial charge >= 0.3 is 0 Å². The predicted octanol–water partition coefficient (Wildman–Crippen LogP) is 4.70. The fourth-order valence-electron chi connectivity index (χ4n) is 5.75. The number of amides is 1. The van der Waals surface area contributed by atoms with E-state index in [1.165, 1.54) is 0 Å². The first-order valence-electron chi connectivity index (χ1n) is 13.9. The van der Waals surface area contributed by atoms with Gasteiger partial charge in [-0.3, -0.25) is 4.79 Å². The number of carbonyl (C=O) groups excluding carboxylic acids is 1. The molecule has 0 spiro atoms. The molecule has 6 heterocycles. The molecule has 4 aromatic heterocycles. The second-order valence-electron chi connectivity index (χ2n) is 11.8. The highest BCUT2D eigenvalue weighted by atomic mass is 35.5. The monoisotopic (exact) mass is 579 g/mol. The first-order valence-corrected chi connectivity index (χ1v) is 14.3. The normalized spacial score (nSPS) is 17.3. The lowest BCUT2D eigenvalue weighted by Crippen LogP contribution is -2.54. The number of fused-ring (bicyclic) bond motifs is 1. The van der Waals surface area contributed by atoms with Crippen LogP contribution in [0.4, 0.5) is 11.5 Å². The number of nitrogens with zero attached hydrogens (tertiary/aromatic N) is 8. The molecule has 2 aliphatic heterocycles. The van der Waals surface area contributed by atoms with Gasteiger partial charge in [-0.25, -0.2) is 14.5 Å². The zero-order valence-corrected chi connectivity index (χ0v) is 24.3. The van der Waals surface area contributed by atoms with E-state index in [4.69, 9.17) is 16.6 Å². The van der Waals surface area contributed by atoms with Crippen LogP contribution in [0.1, 0.15) is 42.7 Å². The lowest BCUT2D eigenvalue weighted by molar-refractivity contribution is 0.0920. The summed E-state index contributed by atoms with van der Waals surface area (Å²) in [6.45, 7) is 7.62. The van der Waals surface area contributed by atoms with Gasteiger partial charge in [0, 0.05) is 56.2 Å². The number of carbonyl (C=O) groups is 1. The zero-order valence-electron chi connectivity index (χ0n) is 23.5. The van der Waals surface area contributed by atoms with Crippen LogP contribution in [-0.2, 0) is 0 Å². The second kappa shape index (κ2) is 10.6. The Hall–Kier alpha value is -4.67. The minimum absolute atomic E-state index is 0.0480. The molecule has 0 atom stereocenters. The Balaban J connectivity index is 1.16. The van der Waals surface area contributed by atoms with E-state index in [1.54, 1.807) is 29.0 Å². The van der Waals surface area contributed by atoms with E-state index in [2.05, 4.69) is 50.3 Å². The number of hydrogen-bond donors (Lipinski definition) is 1. The van der Waals surface area contributed by atoms with Crippen molar-refractivity contribution in [3.05, 3.63) is 71.4 Å². The summed E-state index contributed by atoms with van der Waals surface area (Å²) in [5.74, 6) is 0.629. The Labute approximate surface area is 249 Å². The van der Waals surface area contributed by atoms with Crippen LogP contribution in [0.5, 0.6) is 0 Å². The molecule has 4 aromatic rings. The van der Waals surface area contributed by atoms with Crippen molar-refractivity contribution >= 4 is 34.5 Å². The average Bonchev–Trinajstić information content (AvgIpc) is 3.42. The van der Waals surface area contributed by atoms with Gasteiger partial charge in [0.05, 0.1) is 45.7 Å². The summed E-state index contributed by atoms with van der Waals surface area (Å²) in [5, 5.41) is 26.9. The number of piperidine rings is 1. The number of nitrogens with one attached hydrogen (secondary N) is 1. The maximum absolute atomic E-state index is 12.6. The molecule has 0 unspecified atom stereocenters. The highest BCUT2D eigenvalue weighted by molar-refractivity contribution is 6.33.